The van der Waals surface area contributed by atoms with Crippen molar-refractivity contribution in [2.75, 3.05) is 12.4 Å². The summed E-state index contributed by atoms with van der Waals surface area (Å²) < 4.78 is 1.03. The summed E-state index contributed by atoms with van der Waals surface area (Å²) in [6.45, 7) is 0.653. The van der Waals surface area contributed by atoms with Crippen LogP contribution in [0.4, 0.5) is 11.4 Å². The van der Waals surface area contributed by atoms with Gasteiger partial charge in [-0.2, -0.15) is 0 Å². The molecule has 0 bridgehead atoms. The summed E-state index contributed by atoms with van der Waals surface area (Å²) in [6.07, 6.45) is 0. The SMILES string of the molecule is CN(Cc1ccccc1Br)C(=S)Nc1ccc([N+](=O)[O-])cc1. The van der Waals surface area contributed by atoms with Gasteiger partial charge in [0.15, 0.2) is 5.11 Å². The zero-order valence-corrected chi connectivity index (χ0v) is 14.2. The minimum atomic E-state index is -0.429. The van der Waals surface area contributed by atoms with Gasteiger partial charge in [-0.1, -0.05) is 34.1 Å². The monoisotopic (exact) mass is 379 g/mol. The molecule has 0 aliphatic rings. The van der Waals surface area contributed by atoms with E-state index in [1.54, 1.807) is 12.1 Å². The molecule has 0 saturated heterocycles. The Labute approximate surface area is 142 Å². The van der Waals surface area contributed by atoms with E-state index in [0.29, 0.717) is 11.7 Å². The van der Waals surface area contributed by atoms with E-state index in [2.05, 4.69) is 21.2 Å². The summed E-state index contributed by atoms with van der Waals surface area (Å²) in [5.41, 5.74) is 1.89. The molecule has 0 amide bonds. The van der Waals surface area contributed by atoms with Crippen molar-refractivity contribution in [3.8, 4) is 0 Å². The zero-order chi connectivity index (χ0) is 16.1. The number of nitrogens with zero attached hydrogens (tertiary/aromatic N) is 2. The lowest BCUT2D eigenvalue weighted by molar-refractivity contribution is -0.384. The van der Waals surface area contributed by atoms with Gasteiger partial charge < -0.3 is 10.2 Å². The van der Waals surface area contributed by atoms with Crippen molar-refractivity contribution in [2.24, 2.45) is 0 Å². The lowest BCUT2D eigenvalue weighted by Crippen LogP contribution is -2.30. The van der Waals surface area contributed by atoms with Crippen LogP contribution in [-0.4, -0.2) is 22.0 Å². The topological polar surface area (TPSA) is 58.4 Å². The van der Waals surface area contributed by atoms with E-state index in [9.17, 15) is 10.1 Å². The number of benzene rings is 2. The standard InChI is InChI=1S/C15H14BrN3O2S/c1-18(10-11-4-2-3-5-14(11)16)15(22)17-12-6-8-13(9-7-12)19(20)21/h2-9H,10H2,1H3,(H,17,22). The first-order chi connectivity index (χ1) is 10.5. The molecule has 0 aliphatic heterocycles. The van der Waals surface area contributed by atoms with Gasteiger partial charge in [0.05, 0.1) is 4.92 Å². The summed E-state index contributed by atoms with van der Waals surface area (Å²) in [7, 11) is 1.89. The molecular formula is C15H14BrN3O2S. The number of non-ortho nitro benzene ring substituents is 1. The van der Waals surface area contributed by atoms with E-state index >= 15 is 0 Å². The number of halogens is 1. The van der Waals surface area contributed by atoms with Crippen LogP contribution < -0.4 is 5.32 Å². The van der Waals surface area contributed by atoms with Gasteiger partial charge in [-0.3, -0.25) is 10.1 Å². The molecule has 0 aromatic heterocycles. The highest BCUT2D eigenvalue weighted by atomic mass is 79.9. The summed E-state index contributed by atoms with van der Waals surface area (Å²) in [5.74, 6) is 0. The summed E-state index contributed by atoms with van der Waals surface area (Å²) in [6, 6.07) is 14.1. The molecule has 2 aromatic rings. The second-order valence-corrected chi connectivity index (χ2v) is 5.92. The van der Waals surface area contributed by atoms with Gasteiger partial charge >= 0.3 is 0 Å². The molecule has 114 valence electrons. The molecule has 7 heteroatoms. The molecule has 5 nitrogen and oxygen atoms in total. The zero-order valence-electron chi connectivity index (χ0n) is 11.8. The van der Waals surface area contributed by atoms with Crippen LogP contribution in [0.15, 0.2) is 53.0 Å². The molecular weight excluding hydrogens is 366 g/mol. The average molecular weight is 380 g/mol. The van der Waals surface area contributed by atoms with Crippen LogP contribution in [0.25, 0.3) is 0 Å². The highest BCUT2D eigenvalue weighted by Crippen LogP contribution is 2.19. The third-order valence-electron chi connectivity index (χ3n) is 3.04. The van der Waals surface area contributed by atoms with Crippen LogP contribution in [0.5, 0.6) is 0 Å². The Hall–Kier alpha value is -1.99. The highest BCUT2D eigenvalue weighted by Gasteiger charge is 2.09. The van der Waals surface area contributed by atoms with Crippen molar-refractivity contribution in [3.05, 3.63) is 68.7 Å². The number of hydrogen-bond donors (Lipinski definition) is 1. The maximum Gasteiger partial charge on any atom is 0.269 e. The maximum absolute atomic E-state index is 10.6. The minimum Gasteiger partial charge on any atom is -0.348 e. The predicted molar refractivity (Wildman–Crippen MR) is 94.9 cm³/mol. The Morgan fingerprint density at radius 1 is 1.27 bits per heavy atom. The lowest BCUT2D eigenvalue weighted by atomic mass is 10.2. The fraction of sp³-hybridized carbons (Fsp3) is 0.133. The molecule has 0 spiro atoms. The van der Waals surface area contributed by atoms with Gasteiger partial charge in [-0.25, -0.2) is 0 Å². The van der Waals surface area contributed by atoms with Gasteiger partial charge in [0.25, 0.3) is 5.69 Å². The van der Waals surface area contributed by atoms with Crippen LogP contribution in [-0.2, 0) is 6.54 Å². The molecule has 22 heavy (non-hydrogen) atoms. The Balaban J connectivity index is 1.99. The molecule has 1 N–H and O–H groups in total. The van der Waals surface area contributed by atoms with Gasteiger partial charge in [-0.15, -0.1) is 0 Å². The van der Waals surface area contributed by atoms with Crippen molar-refractivity contribution >= 4 is 44.6 Å². The minimum absolute atomic E-state index is 0.0537. The van der Waals surface area contributed by atoms with Gasteiger partial charge in [0, 0.05) is 35.9 Å². The third kappa shape index (κ3) is 4.25. The number of anilines is 1. The summed E-state index contributed by atoms with van der Waals surface area (Å²) in [4.78, 5) is 12.1. The number of nitro groups is 1. The van der Waals surface area contributed by atoms with Crippen LogP contribution >= 0.6 is 28.1 Å². The van der Waals surface area contributed by atoms with Crippen LogP contribution in [0, 0.1) is 10.1 Å². The van der Waals surface area contributed by atoms with E-state index < -0.39 is 4.92 Å². The molecule has 0 aliphatic carbocycles. The van der Waals surface area contributed by atoms with Gasteiger partial charge in [0.1, 0.15) is 0 Å². The second kappa shape index (κ2) is 7.33. The van der Waals surface area contributed by atoms with E-state index in [-0.39, 0.29) is 5.69 Å². The molecule has 0 fully saturated rings. The molecule has 2 rings (SSSR count). The van der Waals surface area contributed by atoms with Crippen molar-refractivity contribution in [3.63, 3.8) is 0 Å². The average Bonchev–Trinajstić information content (AvgIpc) is 2.50. The number of nitro benzene ring substituents is 1. The fourth-order valence-corrected chi connectivity index (χ4v) is 2.43. The van der Waals surface area contributed by atoms with Crippen LogP contribution in [0.1, 0.15) is 5.56 Å². The normalized spacial score (nSPS) is 10.1. The molecule has 0 atom stereocenters. The highest BCUT2D eigenvalue weighted by molar-refractivity contribution is 9.10. The first-order valence-corrected chi connectivity index (χ1v) is 7.67. The van der Waals surface area contributed by atoms with E-state index in [4.69, 9.17) is 12.2 Å². The van der Waals surface area contributed by atoms with Crippen LogP contribution in [0.3, 0.4) is 0 Å². The fourth-order valence-electron chi connectivity index (χ4n) is 1.84. The van der Waals surface area contributed by atoms with Crippen molar-refractivity contribution in [1.29, 1.82) is 0 Å². The molecule has 0 saturated carbocycles. The maximum atomic E-state index is 10.6. The molecule has 2 aromatic carbocycles. The van der Waals surface area contributed by atoms with E-state index in [1.807, 2.05) is 36.2 Å². The van der Waals surface area contributed by atoms with Gasteiger partial charge in [-0.05, 0) is 36.0 Å². The summed E-state index contributed by atoms with van der Waals surface area (Å²) >= 11 is 8.86. The number of rotatable bonds is 4. The van der Waals surface area contributed by atoms with E-state index in [1.165, 1.54) is 12.1 Å². The molecule has 0 radical (unpaired) electrons. The third-order valence-corrected chi connectivity index (χ3v) is 4.23. The van der Waals surface area contributed by atoms with E-state index in [0.717, 1.165) is 15.7 Å². The quantitative estimate of drug-likeness (QED) is 0.490. The number of thiocarbonyl (C=S) groups is 1. The second-order valence-electron chi connectivity index (χ2n) is 4.68. The number of nitrogens with one attached hydrogen (secondary N) is 1. The Bertz CT molecular complexity index is 691. The predicted octanol–water partition coefficient (Wildman–Crippen LogP) is 4.19. The van der Waals surface area contributed by atoms with Crippen molar-refractivity contribution in [1.82, 2.24) is 4.90 Å². The Morgan fingerprint density at radius 3 is 2.50 bits per heavy atom. The number of hydrogen-bond acceptors (Lipinski definition) is 3. The van der Waals surface area contributed by atoms with Crippen molar-refractivity contribution in [2.45, 2.75) is 6.54 Å². The lowest BCUT2D eigenvalue weighted by Gasteiger charge is -2.21. The van der Waals surface area contributed by atoms with Crippen LogP contribution in [0.2, 0.25) is 0 Å². The Kier molecular flexibility index (Phi) is 5.46. The van der Waals surface area contributed by atoms with Gasteiger partial charge in [0.2, 0.25) is 0 Å². The van der Waals surface area contributed by atoms with Crippen molar-refractivity contribution < 1.29 is 4.92 Å². The molecule has 0 unspecified atom stereocenters. The molecule has 0 heterocycles. The first-order valence-electron chi connectivity index (χ1n) is 6.47. The first kappa shape index (κ1) is 16.4. The largest absolute Gasteiger partial charge is 0.348 e. The smallest absolute Gasteiger partial charge is 0.269 e. The summed E-state index contributed by atoms with van der Waals surface area (Å²) in [5, 5.41) is 14.2. The Morgan fingerprint density at radius 2 is 1.91 bits per heavy atom.